The molecule has 3 N–H and O–H groups in total. The van der Waals surface area contributed by atoms with Crippen molar-refractivity contribution in [2.24, 2.45) is 10.7 Å². The van der Waals surface area contributed by atoms with Crippen molar-refractivity contribution in [1.29, 1.82) is 0 Å². The van der Waals surface area contributed by atoms with Crippen molar-refractivity contribution in [3.05, 3.63) is 29.8 Å². The van der Waals surface area contributed by atoms with Crippen LogP contribution in [0.5, 0.6) is 0 Å². The monoisotopic (exact) mass is 421 g/mol. The number of hydrogen-bond acceptors (Lipinski definition) is 3. The van der Waals surface area contributed by atoms with Gasteiger partial charge in [0.1, 0.15) is 0 Å². The normalized spacial score (nSPS) is 17.9. The largest absolute Gasteiger partial charge is 0.381 e. The molecule has 0 amide bonds. The topological polar surface area (TPSA) is 59.6 Å². The molecule has 0 radical (unpaired) electrons. The fourth-order valence-corrected chi connectivity index (χ4v) is 2.99. The van der Waals surface area contributed by atoms with E-state index >= 15 is 0 Å². The van der Waals surface area contributed by atoms with Crippen molar-refractivity contribution in [3.8, 4) is 0 Å². The van der Waals surface area contributed by atoms with Crippen molar-refractivity contribution < 1.29 is 4.74 Å². The van der Waals surface area contributed by atoms with Crippen LogP contribution in [0.15, 0.2) is 29.3 Å². The lowest BCUT2D eigenvalue weighted by Crippen LogP contribution is -2.37. The van der Waals surface area contributed by atoms with Gasteiger partial charge >= 0.3 is 0 Å². The number of hydrogen-bond donors (Lipinski definition) is 2. The molecule has 0 saturated carbocycles. The van der Waals surface area contributed by atoms with Crippen molar-refractivity contribution in [3.63, 3.8) is 0 Å². The summed E-state index contributed by atoms with van der Waals surface area (Å²) in [5.74, 6) is 0.480. The maximum atomic E-state index is 5.97. The van der Waals surface area contributed by atoms with Gasteiger partial charge in [0.05, 0.1) is 6.54 Å². The third-order valence-electron chi connectivity index (χ3n) is 3.70. The van der Waals surface area contributed by atoms with Gasteiger partial charge < -0.3 is 15.8 Å². The number of aryl methyl sites for hydroxylation is 1. The number of rotatable bonds is 4. The average molecular weight is 421 g/mol. The summed E-state index contributed by atoms with van der Waals surface area (Å²) in [6.45, 7) is 4.44. The Bertz CT molecular complexity index is 458. The molecule has 0 atom stereocenters. The van der Waals surface area contributed by atoms with Crippen LogP contribution in [0.4, 0.5) is 5.69 Å². The SMILES string of the molecule is CSC1(CN=C(N)Nc2ccc(C)cc2)CCOCC1.I. The standard InChI is InChI=1S/C15H23N3OS.HI/c1-12-3-5-13(6-4-12)18-14(16)17-11-15(20-2)7-9-19-10-8-15;/h3-6H,7-11H2,1-2H3,(H3,16,17,18);1H. The zero-order chi connectivity index (χ0) is 14.4. The van der Waals surface area contributed by atoms with Crippen molar-refractivity contribution in [2.75, 3.05) is 31.3 Å². The molecule has 118 valence electrons. The van der Waals surface area contributed by atoms with Crippen LogP contribution in [0, 0.1) is 6.92 Å². The fourth-order valence-electron chi connectivity index (χ4n) is 2.22. The average Bonchev–Trinajstić information content (AvgIpc) is 2.49. The molecule has 0 aliphatic carbocycles. The Kier molecular flexibility index (Phi) is 7.83. The van der Waals surface area contributed by atoms with Crippen LogP contribution < -0.4 is 11.1 Å². The van der Waals surface area contributed by atoms with Crippen molar-refractivity contribution >= 4 is 47.4 Å². The molecular weight excluding hydrogens is 397 g/mol. The minimum atomic E-state index is 0. The van der Waals surface area contributed by atoms with Gasteiger partial charge in [-0.2, -0.15) is 11.8 Å². The predicted octanol–water partition coefficient (Wildman–Crippen LogP) is 3.25. The molecule has 2 rings (SSSR count). The van der Waals surface area contributed by atoms with E-state index < -0.39 is 0 Å². The summed E-state index contributed by atoms with van der Waals surface area (Å²) in [6.07, 6.45) is 4.22. The first kappa shape index (κ1) is 18.6. The number of nitrogens with zero attached hydrogens (tertiary/aromatic N) is 1. The summed E-state index contributed by atoms with van der Waals surface area (Å²) < 4.78 is 5.61. The number of nitrogens with two attached hydrogens (primary N) is 1. The summed E-state index contributed by atoms with van der Waals surface area (Å²) in [7, 11) is 0. The molecule has 0 aromatic heterocycles. The molecule has 1 aromatic rings. The number of ether oxygens (including phenoxy) is 1. The molecule has 1 saturated heterocycles. The smallest absolute Gasteiger partial charge is 0.193 e. The quantitative estimate of drug-likeness (QED) is 0.445. The number of benzene rings is 1. The molecule has 1 aromatic carbocycles. The first-order valence-corrected chi connectivity index (χ1v) is 8.13. The molecular formula is C15H24IN3OS. The number of anilines is 1. The lowest BCUT2D eigenvalue weighted by atomic mass is 9.99. The van der Waals surface area contributed by atoms with Gasteiger partial charge in [-0.3, -0.25) is 4.99 Å². The number of nitrogens with one attached hydrogen (secondary N) is 1. The molecule has 1 heterocycles. The highest BCUT2D eigenvalue weighted by Gasteiger charge is 2.31. The summed E-state index contributed by atoms with van der Waals surface area (Å²) in [5, 5.41) is 3.14. The van der Waals surface area contributed by atoms with Gasteiger partial charge in [0.25, 0.3) is 0 Å². The predicted molar refractivity (Wildman–Crippen MR) is 103 cm³/mol. The van der Waals surface area contributed by atoms with Crippen LogP contribution in [-0.4, -0.2) is 36.7 Å². The highest BCUT2D eigenvalue weighted by molar-refractivity contribution is 14.0. The van der Waals surface area contributed by atoms with Crippen LogP contribution in [0.3, 0.4) is 0 Å². The Balaban J connectivity index is 0.00000220. The van der Waals surface area contributed by atoms with E-state index in [4.69, 9.17) is 10.5 Å². The van der Waals surface area contributed by atoms with Crippen molar-refractivity contribution in [1.82, 2.24) is 0 Å². The first-order valence-electron chi connectivity index (χ1n) is 6.90. The van der Waals surface area contributed by atoms with E-state index in [0.29, 0.717) is 5.96 Å². The van der Waals surface area contributed by atoms with Crippen LogP contribution in [-0.2, 0) is 4.74 Å². The zero-order valence-corrected chi connectivity index (χ0v) is 15.7. The van der Waals surface area contributed by atoms with E-state index in [2.05, 4.69) is 35.6 Å². The van der Waals surface area contributed by atoms with Crippen LogP contribution in [0.25, 0.3) is 0 Å². The second-order valence-corrected chi connectivity index (χ2v) is 6.47. The van der Waals surface area contributed by atoms with E-state index in [0.717, 1.165) is 38.3 Å². The minimum absolute atomic E-state index is 0. The summed E-state index contributed by atoms with van der Waals surface area (Å²) in [4.78, 5) is 4.52. The molecule has 1 aliphatic heterocycles. The molecule has 0 spiro atoms. The van der Waals surface area contributed by atoms with Crippen LogP contribution in [0.2, 0.25) is 0 Å². The van der Waals surface area contributed by atoms with Gasteiger partial charge in [-0.05, 0) is 38.2 Å². The Labute approximate surface area is 148 Å². The lowest BCUT2D eigenvalue weighted by Gasteiger charge is -2.34. The van der Waals surface area contributed by atoms with Crippen LogP contribution in [0.1, 0.15) is 18.4 Å². The van der Waals surface area contributed by atoms with Gasteiger partial charge in [-0.1, -0.05) is 17.7 Å². The van der Waals surface area contributed by atoms with Crippen molar-refractivity contribution in [2.45, 2.75) is 24.5 Å². The molecule has 21 heavy (non-hydrogen) atoms. The van der Waals surface area contributed by atoms with Gasteiger partial charge in [0.2, 0.25) is 0 Å². The first-order chi connectivity index (χ1) is 9.63. The third-order valence-corrected chi connectivity index (χ3v) is 5.10. The number of halogens is 1. The van der Waals surface area contributed by atoms with E-state index in [1.807, 2.05) is 23.9 Å². The van der Waals surface area contributed by atoms with Crippen LogP contribution >= 0.6 is 35.7 Å². The molecule has 1 fully saturated rings. The number of thioether (sulfide) groups is 1. The second-order valence-electron chi connectivity index (χ2n) is 5.19. The van der Waals surface area contributed by atoms with E-state index in [1.54, 1.807) is 0 Å². The summed E-state index contributed by atoms with van der Waals surface area (Å²) in [5.41, 5.74) is 8.18. The summed E-state index contributed by atoms with van der Waals surface area (Å²) >= 11 is 1.87. The Morgan fingerprint density at radius 2 is 1.95 bits per heavy atom. The molecule has 4 nitrogen and oxygen atoms in total. The number of guanidine groups is 1. The highest BCUT2D eigenvalue weighted by atomic mass is 127. The molecule has 0 bridgehead atoms. The Hall–Kier alpha value is -0.470. The van der Waals surface area contributed by atoms with E-state index in [9.17, 15) is 0 Å². The molecule has 1 aliphatic rings. The number of aliphatic imine (C=N–C) groups is 1. The third kappa shape index (κ3) is 5.67. The minimum Gasteiger partial charge on any atom is -0.381 e. The lowest BCUT2D eigenvalue weighted by molar-refractivity contribution is 0.0794. The zero-order valence-electron chi connectivity index (χ0n) is 12.6. The Morgan fingerprint density at radius 1 is 1.33 bits per heavy atom. The second kappa shape index (κ2) is 8.85. The summed E-state index contributed by atoms with van der Waals surface area (Å²) in [6, 6.07) is 8.13. The van der Waals surface area contributed by atoms with Gasteiger partial charge in [-0.15, -0.1) is 24.0 Å². The fraction of sp³-hybridized carbons (Fsp3) is 0.533. The van der Waals surface area contributed by atoms with Gasteiger partial charge in [0.15, 0.2) is 5.96 Å². The maximum absolute atomic E-state index is 5.97. The molecule has 0 unspecified atom stereocenters. The van der Waals surface area contributed by atoms with E-state index in [1.165, 1.54) is 5.56 Å². The molecule has 6 heteroatoms. The van der Waals surface area contributed by atoms with Gasteiger partial charge in [-0.25, -0.2) is 0 Å². The Morgan fingerprint density at radius 3 is 2.52 bits per heavy atom. The maximum Gasteiger partial charge on any atom is 0.193 e. The van der Waals surface area contributed by atoms with Gasteiger partial charge in [0, 0.05) is 23.6 Å². The highest BCUT2D eigenvalue weighted by Crippen LogP contribution is 2.33. The van der Waals surface area contributed by atoms with E-state index in [-0.39, 0.29) is 28.7 Å².